The molecule has 0 aliphatic carbocycles. The van der Waals surface area contributed by atoms with Crippen LogP contribution in [-0.4, -0.2) is 47.1 Å². The fraction of sp³-hybridized carbons (Fsp3) is 0.409. The maximum Gasteiger partial charge on any atom is 0.274 e. The lowest BCUT2D eigenvalue weighted by atomic mass is 10.0. The molecule has 1 atom stereocenters. The zero-order chi connectivity index (χ0) is 24.2. The van der Waals surface area contributed by atoms with Crippen LogP contribution in [0.5, 0.6) is 5.75 Å². The molecule has 8 nitrogen and oxygen atoms in total. The van der Waals surface area contributed by atoms with Gasteiger partial charge in [0.15, 0.2) is 11.4 Å². The van der Waals surface area contributed by atoms with Crippen LogP contribution in [-0.2, 0) is 18.3 Å². The van der Waals surface area contributed by atoms with Gasteiger partial charge in [-0.15, -0.1) is 0 Å². The number of hydrogen-bond donors (Lipinski definition) is 2. The van der Waals surface area contributed by atoms with Crippen LogP contribution in [0, 0.1) is 5.82 Å². The minimum atomic E-state index is -0.976. The summed E-state index contributed by atoms with van der Waals surface area (Å²) in [5.74, 6) is -2.74. The summed E-state index contributed by atoms with van der Waals surface area (Å²) in [7, 11) is 4.45. The number of benzene rings is 1. The highest BCUT2D eigenvalue weighted by Crippen LogP contribution is 2.27. The highest BCUT2D eigenvalue weighted by molar-refractivity contribution is 6.30. The van der Waals surface area contributed by atoms with E-state index in [1.165, 1.54) is 48.9 Å². The van der Waals surface area contributed by atoms with Gasteiger partial charge in [0.05, 0.1) is 16.8 Å². The molecule has 0 saturated carbocycles. The molecule has 0 saturated heterocycles. The van der Waals surface area contributed by atoms with E-state index in [1.54, 1.807) is 13.8 Å². The van der Waals surface area contributed by atoms with Crippen LogP contribution in [0.1, 0.15) is 58.5 Å². The standard InChI is InChI=1S/C22H27ClFN3O5/c1-6-15(32-5)17-16(21(30)25-11-12-8-9-14(24)13(23)10-12)19(28)20(29)18(27(17)4)22(31)26(3)7-2/h8-10,15,29H,6-7,11H2,1-5H3,(H,25,30). The molecule has 0 aliphatic rings. The number of aromatic nitrogens is 1. The molecule has 2 rings (SSSR count). The molecule has 1 aromatic heterocycles. The van der Waals surface area contributed by atoms with Crippen LogP contribution >= 0.6 is 11.6 Å². The number of halogens is 2. The van der Waals surface area contributed by atoms with E-state index in [2.05, 4.69) is 5.32 Å². The third kappa shape index (κ3) is 4.94. The first-order chi connectivity index (χ1) is 15.1. The highest BCUT2D eigenvalue weighted by Gasteiger charge is 2.31. The molecule has 2 N–H and O–H groups in total. The van der Waals surface area contributed by atoms with Crippen molar-refractivity contribution in [3.63, 3.8) is 0 Å². The van der Waals surface area contributed by atoms with Crippen molar-refractivity contribution in [1.29, 1.82) is 0 Å². The Hall–Kier alpha value is -2.91. The van der Waals surface area contributed by atoms with Crippen LogP contribution in [0.3, 0.4) is 0 Å². The quantitative estimate of drug-likeness (QED) is 0.621. The van der Waals surface area contributed by atoms with Crippen molar-refractivity contribution >= 4 is 23.4 Å². The number of methoxy groups -OCH3 is 1. The monoisotopic (exact) mass is 467 g/mol. The number of carbonyl (C=O) groups excluding carboxylic acids is 2. The molecule has 1 unspecified atom stereocenters. The fourth-order valence-electron chi connectivity index (χ4n) is 3.35. The second kappa shape index (κ2) is 10.6. The number of nitrogens with one attached hydrogen (secondary N) is 1. The van der Waals surface area contributed by atoms with E-state index >= 15 is 0 Å². The summed E-state index contributed by atoms with van der Waals surface area (Å²) in [6, 6.07) is 3.98. The first-order valence-corrected chi connectivity index (χ1v) is 10.4. The van der Waals surface area contributed by atoms with Crippen molar-refractivity contribution in [3.8, 4) is 5.75 Å². The van der Waals surface area contributed by atoms with Gasteiger partial charge in [-0.25, -0.2) is 4.39 Å². The van der Waals surface area contributed by atoms with E-state index in [-0.39, 0.29) is 28.5 Å². The number of amides is 2. The Bertz CT molecular complexity index is 1080. The lowest BCUT2D eigenvalue weighted by Gasteiger charge is -2.25. The number of nitrogens with zero attached hydrogens (tertiary/aromatic N) is 2. The van der Waals surface area contributed by atoms with Crippen molar-refractivity contribution < 1.29 is 23.8 Å². The van der Waals surface area contributed by atoms with Gasteiger partial charge in [-0.05, 0) is 31.0 Å². The van der Waals surface area contributed by atoms with Gasteiger partial charge in [-0.3, -0.25) is 14.4 Å². The van der Waals surface area contributed by atoms with E-state index in [9.17, 15) is 23.9 Å². The molecule has 174 valence electrons. The Kier molecular flexibility index (Phi) is 8.40. The predicted molar refractivity (Wildman–Crippen MR) is 119 cm³/mol. The van der Waals surface area contributed by atoms with E-state index in [0.29, 0.717) is 18.5 Å². The Morgan fingerprint density at radius 1 is 1.34 bits per heavy atom. The van der Waals surface area contributed by atoms with Gasteiger partial charge in [-0.1, -0.05) is 24.6 Å². The lowest BCUT2D eigenvalue weighted by Crippen LogP contribution is -2.37. The first kappa shape index (κ1) is 25.4. The summed E-state index contributed by atoms with van der Waals surface area (Å²) in [6.45, 7) is 3.87. The van der Waals surface area contributed by atoms with Gasteiger partial charge in [-0.2, -0.15) is 0 Å². The van der Waals surface area contributed by atoms with E-state index in [4.69, 9.17) is 16.3 Å². The fourth-order valence-corrected chi connectivity index (χ4v) is 3.55. The molecule has 0 aliphatic heterocycles. The minimum Gasteiger partial charge on any atom is -0.503 e. The zero-order valence-corrected chi connectivity index (χ0v) is 19.4. The highest BCUT2D eigenvalue weighted by atomic mass is 35.5. The van der Waals surface area contributed by atoms with Gasteiger partial charge >= 0.3 is 0 Å². The number of carbonyl (C=O) groups is 2. The number of ether oxygens (including phenoxy) is 1. The van der Waals surface area contributed by atoms with Crippen LogP contribution in [0.15, 0.2) is 23.0 Å². The predicted octanol–water partition coefficient (Wildman–Crippen LogP) is 3.00. The number of rotatable bonds is 8. The third-order valence-corrected chi connectivity index (χ3v) is 5.56. The maximum absolute atomic E-state index is 13.4. The molecular formula is C22H27ClFN3O5. The smallest absolute Gasteiger partial charge is 0.274 e. The van der Waals surface area contributed by atoms with E-state index in [1.807, 2.05) is 0 Å². The minimum absolute atomic E-state index is 0.0365. The van der Waals surface area contributed by atoms with Crippen molar-refractivity contribution in [2.45, 2.75) is 32.9 Å². The Morgan fingerprint density at radius 3 is 2.53 bits per heavy atom. The van der Waals surface area contributed by atoms with Crippen molar-refractivity contribution in [3.05, 3.63) is 61.8 Å². The average Bonchev–Trinajstić information content (AvgIpc) is 2.77. The summed E-state index contributed by atoms with van der Waals surface area (Å²) in [5, 5.41) is 13.1. The second-order valence-electron chi connectivity index (χ2n) is 7.23. The summed E-state index contributed by atoms with van der Waals surface area (Å²) in [6.07, 6.45) is -0.285. The Labute approximate surface area is 190 Å². The van der Waals surface area contributed by atoms with Gasteiger partial charge in [0.25, 0.3) is 11.8 Å². The molecule has 32 heavy (non-hydrogen) atoms. The van der Waals surface area contributed by atoms with Gasteiger partial charge in [0, 0.05) is 34.3 Å². The Morgan fingerprint density at radius 2 is 2.00 bits per heavy atom. The topological polar surface area (TPSA) is 101 Å². The van der Waals surface area contributed by atoms with E-state index in [0.717, 1.165) is 0 Å². The zero-order valence-electron chi connectivity index (χ0n) is 18.7. The summed E-state index contributed by atoms with van der Waals surface area (Å²) in [4.78, 5) is 40.2. The summed E-state index contributed by atoms with van der Waals surface area (Å²) >= 11 is 5.78. The molecule has 2 aromatic rings. The van der Waals surface area contributed by atoms with Crippen LogP contribution in [0.25, 0.3) is 0 Å². The number of pyridine rings is 1. The molecule has 0 bridgehead atoms. The van der Waals surface area contributed by atoms with Crippen molar-refractivity contribution in [2.24, 2.45) is 7.05 Å². The summed E-state index contributed by atoms with van der Waals surface area (Å²) in [5.41, 5.74) is -0.854. The van der Waals surface area contributed by atoms with Gasteiger partial charge < -0.3 is 24.6 Å². The molecule has 1 aromatic carbocycles. The molecule has 0 fully saturated rings. The van der Waals surface area contributed by atoms with Crippen LogP contribution < -0.4 is 10.7 Å². The normalized spacial score (nSPS) is 11.8. The second-order valence-corrected chi connectivity index (χ2v) is 7.64. The first-order valence-electron chi connectivity index (χ1n) is 10.0. The third-order valence-electron chi connectivity index (χ3n) is 5.27. The molecule has 2 amide bonds. The molecule has 0 spiro atoms. The number of hydrogen-bond acceptors (Lipinski definition) is 5. The molecule has 10 heteroatoms. The molecule has 1 heterocycles. The van der Waals surface area contributed by atoms with Crippen LogP contribution in [0.2, 0.25) is 5.02 Å². The van der Waals surface area contributed by atoms with Crippen LogP contribution in [0.4, 0.5) is 4.39 Å². The average molecular weight is 468 g/mol. The van der Waals surface area contributed by atoms with Gasteiger partial charge in [0.1, 0.15) is 11.4 Å². The lowest BCUT2D eigenvalue weighted by molar-refractivity contribution is 0.0764. The maximum atomic E-state index is 13.4. The SMILES string of the molecule is CCC(OC)c1c(C(=O)NCc2ccc(F)c(Cl)c2)c(=O)c(O)c(C(=O)N(C)CC)n1C. The van der Waals surface area contributed by atoms with E-state index < -0.39 is 34.9 Å². The molecular weight excluding hydrogens is 441 g/mol. The van der Waals surface area contributed by atoms with Gasteiger partial charge in [0.2, 0.25) is 5.43 Å². The number of aromatic hydroxyl groups is 1. The summed E-state index contributed by atoms with van der Waals surface area (Å²) < 4.78 is 20.2. The largest absolute Gasteiger partial charge is 0.503 e. The van der Waals surface area contributed by atoms with Crippen molar-refractivity contribution in [2.75, 3.05) is 20.7 Å². The molecule has 0 radical (unpaired) electrons. The van der Waals surface area contributed by atoms with Crippen molar-refractivity contribution in [1.82, 2.24) is 14.8 Å². The Balaban J connectivity index is 2.59.